The van der Waals surface area contributed by atoms with Gasteiger partial charge in [-0.1, -0.05) is 6.92 Å². The maximum absolute atomic E-state index is 9.31. The zero-order valence-corrected chi connectivity index (χ0v) is 11.3. The van der Waals surface area contributed by atoms with Crippen molar-refractivity contribution in [2.75, 3.05) is 36.5 Å². The Morgan fingerprint density at radius 2 is 2.37 bits per heavy atom. The molecule has 1 aliphatic rings. The molecule has 1 saturated heterocycles. The fourth-order valence-corrected chi connectivity index (χ4v) is 2.30. The van der Waals surface area contributed by atoms with Crippen molar-refractivity contribution in [3.8, 4) is 0 Å². The molecule has 0 bridgehead atoms. The van der Waals surface area contributed by atoms with Gasteiger partial charge in [0.1, 0.15) is 18.0 Å². The molecule has 1 fully saturated rings. The first-order chi connectivity index (χ1) is 9.19. The standard InChI is InChI=1S/C13H22N4O2/c1-10-3-2-4-17(7-10)13-5-12(15-9-16-13)14-6-11(19)8-18/h5,9-11,18-19H,2-4,6-8H2,1H3,(H,14,15,16)/t10-,11-/m0/s1. The summed E-state index contributed by atoms with van der Waals surface area (Å²) >= 11 is 0. The molecule has 0 amide bonds. The van der Waals surface area contributed by atoms with Gasteiger partial charge in [-0.15, -0.1) is 0 Å². The van der Waals surface area contributed by atoms with Crippen LogP contribution in [0.4, 0.5) is 11.6 Å². The lowest BCUT2D eigenvalue weighted by atomic mass is 10.0. The van der Waals surface area contributed by atoms with Crippen molar-refractivity contribution in [2.24, 2.45) is 5.92 Å². The van der Waals surface area contributed by atoms with Crippen LogP contribution in [0.15, 0.2) is 12.4 Å². The van der Waals surface area contributed by atoms with Crippen molar-refractivity contribution in [1.82, 2.24) is 9.97 Å². The average Bonchev–Trinajstić information content (AvgIpc) is 2.45. The second kappa shape index (κ2) is 6.68. The Morgan fingerprint density at radius 3 is 3.11 bits per heavy atom. The molecule has 2 rings (SSSR count). The summed E-state index contributed by atoms with van der Waals surface area (Å²) in [6, 6.07) is 1.89. The van der Waals surface area contributed by atoms with Gasteiger partial charge in [-0.3, -0.25) is 0 Å². The third-order valence-electron chi connectivity index (χ3n) is 3.36. The van der Waals surface area contributed by atoms with Gasteiger partial charge in [0.15, 0.2) is 0 Å². The minimum atomic E-state index is -0.770. The van der Waals surface area contributed by atoms with Crippen LogP contribution in [0.1, 0.15) is 19.8 Å². The van der Waals surface area contributed by atoms with E-state index in [1.807, 2.05) is 6.07 Å². The Bertz CT molecular complexity index is 402. The molecule has 1 aromatic rings. The van der Waals surface area contributed by atoms with E-state index in [1.54, 1.807) is 0 Å². The van der Waals surface area contributed by atoms with E-state index in [2.05, 4.69) is 27.1 Å². The molecule has 19 heavy (non-hydrogen) atoms. The van der Waals surface area contributed by atoms with Crippen LogP contribution in [0.25, 0.3) is 0 Å². The predicted octanol–water partition coefficient (Wildman–Crippen LogP) is 0.478. The monoisotopic (exact) mass is 266 g/mol. The minimum absolute atomic E-state index is 0.255. The Balaban J connectivity index is 1.98. The maximum Gasteiger partial charge on any atom is 0.134 e. The van der Waals surface area contributed by atoms with E-state index in [0.29, 0.717) is 11.7 Å². The summed E-state index contributed by atoms with van der Waals surface area (Å²) in [4.78, 5) is 10.7. The Labute approximate surface area is 113 Å². The van der Waals surface area contributed by atoms with Crippen LogP contribution in [-0.2, 0) is 0 Å². The smallest absolute Gasteiger partial charge is 0.134 e. The number of aliphatic hydroxyl groups excluding tert-OH is 2. The van der Waals surface area contributed by atoms with Crippen LogP contribution in [-0.4, -0.2) is 52.5 Å². The second-order valence-electron chi connectivity index (χ2n) is 5.17. The van der Waals surface area contributed by atoms with Crippen molar-refractivity contribution in [1.29, 1.82) is 0 Å². The second-order valence-corrected chi connectivity index (χ2v) is 5.17. The number of piperidine rings is 1. The van der Waals surface area contributed by atoms with E-state index >= 15 is 0 Å². The van der Waals surface area contributed by atoms with Gasteiger partial charge in [0.05, 0.1) is 12.7 Å². The number of hydrogen-bond acceptors (Lipinski definition) is 6. The van der Waals surface area contributed by atoms with E-state index in [0.717, 1.165) is 18.9 Å². The van der Waals surface area contributed by atoms with Crippen molar-refractivity contribution in [3.05, 3.63) is 12.4 Å². The third-order valence-corrected chi connectivity index (χ3v) is 3.36. The molecule has 0 saturated carbocycles. The normalized spacial score (nSPS) is 21.2. The van der Waals surface area contributed by atoms with E-state index < -0.39 is 6.10 Å². The van der Waals surface area contributed by atoms with Crippen LogP contribution < -0.4 is 10.2 Å². The van der Waals surface area contributed by atoms with E-state index in [-0.39, 0.29) is 13.2 Å². The van der Waals surface area contributed by atoms with Gasteiger partial charge in [0.25, 0.3) is 0 Å². The number of aliphatic hydroxyl groups is 2. The summed E-state index contributed by atoms with van der Waals surface area (Å²) in [5, 5.41) is 21.1. The number of anilines is 2. The number of hydrogen-bond donors (Lipinski definition) is 3. The van der Waals surface area contributed by atoms with E-state index in [4.69, 9.17) is 5.11 Å². The summed E-state index contributed by atoms with van der Waals surface area (Å²) in [7, 11) is 0. The largest absolute Gasteiger partial charge is 0.394 e. The highest BCUT2D eigenvalue weighted by molar-refractivity contribution is 5.48. The molecule has 0 radical (unpaired) electrons. The summed E-state index contributed by atoms with van der Waals surface area (Å²) < 4.78 is 0. The zero-order chi connectivity index (χ0) is 13.7. The van der Waals surface area contributed by atoms with Crippen LogP contribution in [0.3, 0.4) is 0 Å². The SMILES string of the molecule is C[C@H]1CCCN(c2cc(NC[C@H](O)CO)ncn2)C1. The molecule has 0 unspecified atom stereocenters. The molecule has 0 spiro atoms. The predicted molar refractivity (Wildman–Crippen MR) is 74.2 cm³/mol. The van der Waals surface area contributed by atoms with Gasteiger partial charge in [-0.2, -0.15) is 0 Å². The van der Waals surface area contributed by atoms with Gasteiger partial charge >= 0.3 is 0 Å². The number of rotatable bonds is 5. The average molecular weight is 266 g/mol. The van der Waals surface area contributed by atoms with Crippen LogP contribution in [0, 0.1) is 5.92 Å². The summed E-state index contributed by atoms with van der Waals surface area (Å²) in [5.74, 6) is 2.29. The number of nitrogens with one attached hydrogen (secondary N) is 1. The van der Waals surface area contributed by atoms with E-state index in [1.165, 1.54) is 19.2 Å². The van der Waals surface area contributed by atoms with Crippen molar-refractivity contribution in [2.45, 2.75) is 25.9 Å². The highest BCUT2D eigenvalue weighted by Crippen LogP contribution is 2.22. The third kappa shape index (κ3) is 4.04. The van der Waals surface area contributed by atoms with Crippen molar-refractivity contribution < 1.29 is 10.2 Å². The highest BCUT2D eigenvalue weighted by Gasteiger charge is 2.17. The number of nitrogens with zero attached hydrogens (tertiary/aromatic N) is 3. The molecule has 0 aliphatic carbocycles. The fraction of sp³-hybridized carbons (Fsp3) is 0.692. The number of aromatic nitrogens is 2. The molecular weight excluding hydrogens is 244 g/mol. The Hall–Kier alpha value is -1.40. The lowest BCUT2D eigenvalue weighted by molar-refractivity contribution is 0.105. The summed E-state index contributed by atoms with van der Waals surface area (Å²) in [5.41, 5.74) is 0. The van der Waals surface area contributed by atoms with E-state index in [9.17, 15) is 5.11 Å². The molecular formula is C13H22N4O2. The highest BCUT2D eigenvalue weighted by atomic mass is 16.3. The fourth-order valence-electron chi connectivity index (χ4n) is 2.30. The first kappa shape index (κ1) is 14.0. The first-order valence-electron chi connectivity index (χ1n) is 6.79. The molecule has 1 aromatic heterocycles. The molecule has 1 aliphatic heterocycles. The van der Waals surface area contributed by atoms with Crippen LogP contribution in [0.2, 0.25) is 0 Å². The van der Waals surface area contributed by atoms with Gasteiger partial charge in [0, 0.05) is 25.7 Å². The van der Waals surface area contributed by atoms with Crippen molar-refractivity contribution >= 4 is 11.6 Å². The maximum atomic E-state index is 9.31. The summed E-state index contributed by atoms with van der Waals surface area (Å²) in [6.07, 6.45) is 3.22. The molecule has 6 nitrogen and oxygen atoms in total. The molecule has 106 valence electrons. The van der Waals surface area contributed by atoms with Gasteiger partial charge in [-0.05, 0) is 18.8 Å². The lowest BCUT2D eigenvalue weighted by Crippen LogP contribution is -2.34. The summed E-state index contributed by atoms with van der Waals surface area (Å²) in [6.45, 7) is 4.33. The first-order valence-corrected chi connectivity index (χ1v) is 6.79. The minimum Gasteiger partial charge on any atom is -0.394 e. The van der Waals surface area contributed by atoms with Gasteiger partial charge in [0.2, 0.25) is 0 Å². The molecule has 6 heteroatoms. The quantitative estimate of drug-likeness (QED) is 0.719. The van der Waals surface area contributed by atoms with Crippen LogP contribution >= 0.6 is 0 Å². The molecule has 3 N–H and O–H groups in total. The lowest BCUT2D eigenvalue weighted by Gasteiger charge is -2.31. The Kier molecular flexibility index (Phi) is 4.93. The topological polar surface area (TPSA) is 81.5 Å². The molecule has 2 atom stereocenters. The zero-order valence-electron chi connectivity index (χ0n) is 11.3. The molecule has 0 aromatic carbocycles. The van der Waals surface area contributed by atoms with Crippen molar-refractivity contribution in [3.63, 3.8) is 0 Å². The van der Waals surface area contributed by atoms with Gasteiger partial charge < -0.3 is 20.4 Å². The van der Waals surface area contributed by atoms with Crippen LogP contribution in [0.5, 0.6) is 0 Å². The molecule has 2 heterocycles. The Morgan fingerprint density at radius 1 is 1.53 bits per heavy atom. The van der Waals surface area contributed by atoms with Gasteiger partial charge in [-0.25, -0.2) is 9.97 Å².